The second kappa shape index (κ2) is 12.2. The molecule has 0 amide bonds. The Bertz CT molecular complexity index is 817. The fraction of sp³-hybridized carbons (Fsp3) is 0.435. The van der Waals surface area contributed by atoms with Gasteiger partial charge in [0.1, 0.15) is 5.82 Å². The van der Waals surface area contributed by atoms with E-state index in [0.29, 0.717) is 18.7 Å². The predicted molar refractivity (Wildman–Crippen MR) is 133 cm³/mol. The number of aliphatic imine (C=N–C) groups is 1. The second-order valence-corrected chi connectivity index (χ2v) is 7.76. The van der Waals surface area contributed by atoms with Crippen molar-refractivity contribution >= 4 is 29.9 Å². The van der Waals surface area contributed by atoms with Crippen LogP contribution < -0.4 is 10.6 Å². The van der Waals surface area contributed by atoms with Crippen LogP contribution in [-0.2, 0) is 19.6 Å². The van der Waals surface area contributed by atoms with Crippen molar-refractivity contribution < 1.29 is 4.39 Å². The highest BCUT2D eigenvalue weighted by atomic mass is 127. The molecular weight excluding hydrogens is 492 g/mol. The number of piperazine rings is 1. The molecule has 1 saturated heterocycles. The molecule has 0 radical (unpaired) electrons. The van der Waals surface area contributed by atoms with Gasteiger partial charge in [0, 0.05) is 52.9 Å². The minimum Gasteiger partial charge on any atom is -0.352 e. The van der Waals surface area contributed by atoms with Gasteiger partial charge in [-0.2, -0.15) is 0 Å². The summed E-state index contributed by atoms with van der Waals surface area (Å²) in [5.74, 6) is 0.556. The maximum absolute atomic E-state index is 13.4. The quantitative estimate of drug-likeness (QED) is 0.345. The monoisotopic (exact) mass is 525 g/mol. The highest BCUT2D eigenvalue weighted by molar-refractivity contribution is 14.0. The van der Waals surface area contributed by atoms with Crippen molar-refractivity contribution in [2.24, 2.45) is 4.99 Å². The molecule has 2 aromatic carbocycles. The Hall–Kier alpha value is -1.71. The van der Waals surface area contributed by atoms with Gasteiger partial charge in [0.2, 0.25) is 0 Å². The van der Waals surface area contributed by atoms with Crippen LogP contribution in [0.1, 0.15) is 22.3 Å². The van der Waals surface area contributed by atoms with Gasteiger partial charge in [0.25, 0.3) is 0 Å². The molecule has 0 saturated carbocycles. The molecule has 1 aliphatic rings. The van der Waals surface area contributed by atoms with E-state index >= 15 is 0 Å². The van der Waals surface area contributed by atoms with Gasteiger partial charge in [-0.05, 0) is 42.3 Å². The molecule has 3 rings (SSSR count). The second-order valence-electron chi connectivity index (χ2n) is 7.76. The molecule has 0 bridgehead atoms. The Kier molecular flexibility index (Phi) is 10.0. The van der Waals surface area contributed by atoms with Gasteiger partial charge in [0.05, 0.1) is 0 Å². The molecule has 1 fully saturated rings. The van der Waals surface area contributed by atoms with Crippen LogP contribution >= 0.6 is 24.0 Å². The van der Waals surface area contributed by atoms with E-state index in [9.17, 15) is 4.39 Å². The largest absolute Gasteiger partial charge is 0.352 e. The van der Waals surface area contributed by atoms with Gasteiger partial charge in [-0.3, -0.25) is 9.89 Å². The average Bonchev–Trinajstić information content (AvgIpc) is 2.73. The van der Waals surface area contributed by atoms with Crippen molar-refractivity contribution in [2.75, 3.05) is 40.3 Å². The number of nitrogens with one attached hydrogen (secondary N) is 2. The SMILES string of the molecule is CN=C(NCc1ccc(CN2CCN(C)CC2)cc1)NCc1ccc(F)c(C)c1.I. The van der Waals surface area contributed by atoms with Crippen molar-refractivity contribution in [2.45, 2.75) is 26.6 Å². The zero-order valence-electron chi connectivity index (χ0n) is 18.1. The lowest BCUT2D eigenvalue weighted by Gasteiger charge is -2.32. The lowest BCUT2D eigenvalue weighted by atomic mass is 10.1. The number of likely N-dealkylation sites (N-methyl/N-ethyl adjacent to an activating group) is 1. The van der Waals surface area contributed by atoms with Gasteiger partial charge in [-0.15, -0.1) is 24.0 Å². The summed E-state index contributed by atoms with van der Waals surface area (Å²) in [5.41, 5.74) is 4.25. The summed E-state index contributed by atoms with van der Waals surface area (Å²) in [6, 6.07) is 13.9. The summed E-state index contributed by atoms with van der Waals surface area (Å²) in [4.78, 5) is 9.16. The van der Waals surface area contributed by atoms with Crippen LogP contribution in [0.5, 0.6) is 0 Å². The third kappa shape index (κ3) is 7.52. The van der Waals surface area contributed by atoms with Crippen molar-refractivity contribution in [3.05, 3.63) is 70.5 Å². The average molecular weight is 525 g/mol. The highest BCUT2D eigenvalue weighted by Gasteiger charge is 2.13. The number of nitrogens with zero attached hydrogens (tertiary/aromatic N) is 3. The maximum Gasteiger partial charge on any atom is 0.191 e. The molecular formula is C23H33FIN5. The molecule has 2 N–H and O–H groups in total. The zero-order chi connectivity index (χ0) is 20.6. The molecule has 0 aromatic heterocycles. The van der Waals surface area contributed by atoms with E-state index in [2.05, 4.69) is 56.7 Å². The fourth-order valence-corrected chi connectivity index (χ4v) is 3.44. The van der Waals surface area contributed by atoms with Crippen molar-refractivity contribution in [1.82, 2.24) is 20.4 Å². The predicted octanol–water partition coefficient (Wildman–Crippen LogP) is 3.36. The number of benzene rings is 2. The maximum atomic E-state index is 13.4. The van der Waals surface area contributed by atoms with Crippen LogP contribution in [0.4, 0.5) is 4.39 Å². The number of hydrogen-bond donors (Lipinski definition) is 2. The third-order valence-electron chi connectivity index (χ3n) is 5.39. The molecule has 1 aliphatic heterocycles. The standard InChI is InChI=1S/C23H32FN5.HI/c1-18-14-21(8-9-22(18)24)16-27-23(25-2)26-15-19-4-6-20(7-5-19)17-29-12-10-28(3)11-13-29;/h4-9,14H,10-13,15-17H2,1-3H3,(H2,25,26,27);1H. The molecule has 0 aliphatic carbocycles. The minimum atomic E-state index is -0.174. The summed E-state index contributed by atoms with van der Waals surface area (Å²) in [6.45, 7) is 8.66. The van der Waals surface area contributed by atoms with Gasteiger partial charge in [-0.25, -0.2) is 4.39 Å². The number of hydrogen-bond acceptors (Lipinski definition) is 3. The number of halogens is 2. The molecule has 30 heavy (non-hydrogen) atoms. The van der Waals surface area contributed by atoms with E-state index in [1.54, 1.807) is 20.0 Å². The number of rotatable bonds is 6. The van der Waals surface area contributed by atoms with Crippen LogP contribution in [-0.4, -0.2) is 56.0 Å². The van der Waals surface area contributed by atoms with E-state index in [1.807, 2.05) is 6.07 Å². The van der Waals surface area contributed by atoms with E-state index in [0.717, 1.165) is 44.2 Å². The van der Waals surface area contributed by atoms with Crippen molar-refractivity contribution in [3.63, 3.8) is 0 Å². The first kappa shape index (κ1) is 24.6. The molecule has 1 heterocycles. The highest BCUT2D eigenvalue weighted by Crippen LogP contribution is 2.10. The first-order chi connectivity index (χ1) is 14.0. The van der Waals surface area contributed by atoms with Crippen molar-refractivity contribution in [1.29, 1.82) is 0 Å². The van der Waals surface area contributed by atoms with Gasteiger partial charge >= 0.3 is 0 Å². The third-order valence-corrected chi connectivity index (χ3v) is 5.39. The Balaban J connectivity index is 0.00000320. The van der Waals surface area contributed by atoms with Gasteiger partial charge < -0.3 is 15.5 Å². The summed E-state index contributed by atoms with van der Waals surface area (Å²) in [7, 11) is 3.94. The normalized spacial score (nSPS) is 15.5. The molecule has 164 valence electrons. The smallest absolute Gasteiger partial charge is 0.191 e. The van der Waals surface area contributed by atoms with Crippen molar-refractivity contribution in [3.8, 4) is 0 Å². The topological polar surface area (TPSA) is 42.9 Å². The van der Waals surface area contributed by atoms with Crippen LogP contribution in [0, 0.1) is 12.7 Å². The molecule has 0 spiro atoms. The first-order valence-corrected chi connectivity index (χ1v) is 10.2. The molecule has 5 nitrogen and oxygen atoms in total. The Labute approximate surface area is 196 Å². The summed E-state index contributed by atoms with van der Waals surface area (Å²) < 4.78 is 13.4. The van der Waals surface area contributed by atoms with Gasteiger partial charge in [0.15, 0.2) is 5.96 Å². The number of aryl methyl sites for hydroxylation is 1. The molecule has 0 unspecified atom stereocenters. The molecule has 7 heteroatoms. The summed E-state index contributed by atoms with van der Waals surface area (Å²) in [5, 5.41) is 6.61. The van der Waals surface area contributed by atoms with Crippen LogP contribution in [0.3, 0.4) is 0 Å². The van der Waals surface area contributed by atoms with E-state index < -0.39 is 0 Å². The van der Waals surface area contributed by atoms with Crippen LogP contribution in [0.15, 0.2) is 47.5 Å². The lowest BCUT2D eigenvalue weighted by Crippen LogP contribution is -2.43. The first-order valence-electron chi connectivity index (χ1n) is 10.2. The van der Waals surface area contributed by atoms with E-state index in [4.69, 9.17) is 0 Å². The Morgan fingerprint density at radius 1 is 0.933 bits per heavy atom. The molecule has 2 aromatic rings. The Morgan fingerprint density at radius 3 is 2.10 bits per heavy atom. The molecule has 0 atom stereocenters. The van der Waals surface area contributed by atoms with Crippen LogP contribution in [0.2, 0.25) is 0 Å². The van der Waals surface area contributed by atoms with Crippen LogP contribution in [0.25, 0.3) is 0 Å². The van der Waals surface area contributed by atoms with Gasteiger partial charge in [-0.1, -0.05) is 36.4 Å². The summed E-state index contributed by atoms with van der Waals surface area (Å²) >= 11 is 0. The Morgan fingerprint density at radius 2 is 1.50 bits per heavy atom. The fourth-order valence-electron chi connectivity index (χ4n) is 3.44. The number of guanidine groups is 1. The zero-order valence-corrected chi connectivity index (χ0v) is 20.4. The van der Waals surface area contributed by atoms with E-state index in [1.165, 1.54) is 17.2 Å². The summed E-state index contributed by atoms with van der Waals surface area (Å²) in [6.07, 6.45) is 0. The van der Waals surface area contributed by atoms with E-state index in [-0.39, 0.29) is 29.8 Å². The lowest BCUT2D eigenvalue weighted by molar-refractivity contribution is 0.148. The minimum absolute atomic E-state index is 0.